The van der Waals surface area contributed by atoms with Gasteiger partial charge in [0.25, 0.3) is 5.91 Å². The molecule has 1 N–H and O–H groups in total. The second kappa shape index (κ2) is 8.16. The molecule has 0 bridgehead atoms. The van der Waals surface area contributed by atoms with Crippen molar-refractivity contribution in [3.8, 4) is 11.1 Å². The van der Waals surface area contributed by atoms with Crippen LogP contribution in [0.4, 0.5) is 4.39 Å². The van der Waals surface area contributed by atoms with Gasteiger partial charge < -0.3 is 14.9 Å². The van der Waals surface area contributed by atoms with E-state index in [1.165, 1.54) is 23.1 Å². The first-order valence-corrected chi connectivity index (χ1v) is 10.5. The number of nitrogens with zero attached hydrogens (tertiary/aromatic N) is 3. The van der Waals surface area contributed by atoms with Gasteiger partial charge in [0.15, 0.2) is 0 Å². The molecule has 0 unspecified atom stereocenters. The summed E-state index contributed by atoms with van der Waals surface area (Å²) in [5, 5.41) is 9.96. The Kier molecular flexibility index (Phi) is 5.19. The summed E-state index contributed by atoms with van der Waals surface area (Å²) in [7, 11) is 0. The number of carbonyl (C=O) groups is 2. The maximum Gasteiger partial charge on any atom is 0.257 e. The molecule has 0 saturated carbocycles. The van der Waals surface area contributed by atoms with Crippen molar-refractivity contribution in [2.75, 3.05) is 19.7 Å². The second-order valence-electron chi connectivity index (χ2n) is 8.17. The zero-order valence-electron chi connectivity index (χ0n) is 17.3. The van der Waals surface area contributed by atoms with Gasteiger partial charge >= 0.3 is 0 Å². The molecule has 3 heterocycles. The van der Waals surface area contributed by atoms with Crippen LogP contribution in [0.2, 0.25) is 0 Å². The van der Waals surface area contributed by atoms with Gasteiger partial charge in [-0.3, -0.25) is 14.6 Å². The van der Waals surface area contributed by atoms with Gasteiger partial charge in [-0.2, -0.15) is 0 Å². The molecule has 2 aliphatic rings. The van der Waals surface area contributed by atoms with E-state index in [1.807, 2.05) is 36.4 Å². The fraction of sp³-hybridized carbons (Fsp3) is 0.240. The Hall–Kier alpha value is -3.58. The van der Waals surface area contributed by atoms with Crippen molar-refractivity contribution in [1.82, 2.24) is 14.8 Å². The Bertz CT molecular complexity index is 1150. The van der Waals surface area contributed by atoms with Gasteiger partial charge in [0.2, 0.25) is 5.91 Å². The van der Waals surface area contributed by atoms with E-state index in [-0.39, 0.29) is 42.6 Å². The fourth-order valence-electron chi connectivity index (χ4n) is 4.89. The third-order valence-electron chi connectivity index (χ3n) is 6.43. The number of halogens is 1. The van der Waals surface area contributed by atoms with Crippen LogP contribution >= 0.6 is 0 Å². The molecule has 7 heteroatoms. The Labute approximate surface area is 184 Å². The standard InChI is InChI=1S/C25H22FN3O3/c26-20-6-2-1-5-19(20)25(32)28-13-21-24(22(15-30)29(21)23(31)14-28)17-9-7-16(8-10-17)18-4-3-11-27-12-18/h1-12,21-22,24,30H,13-15H2/t21-,22-,24+/m0/s1. The van der Waals surface area contributed by atoms with E-state index < -0.39 is 11.7 Å². The Morgan fingerprint density at radius 1 is 1.06 bits per heavy atom. The summed E-state index contributed by atoms with van der Waals surface area (Å²) in [5.74, 6) is -1.43. The number of hydrogen-bond donors (Lipinski definition) is 1. The number of aliphatic hydroxyl groups is 1. The maximum absolute atomic E-state index is 14.1. The largest absolute Gasteiger partial charge is 0.394 e. The van der Waals surface area contributed by atoms with E-state index in [0.717, 1.165) is 16.7 Å². The quantitative estimate of drug-likeness (QED) is 0.690. The van der Waals surface area contributed by atoms with Gasteiger partial charge in [0.05, 0.1) is 24.3 Å². The van der Waals surface area contributed by atoms with E-state index in [0.29, 0.717) is 6.54 Å². The summed E-state index contributed by atoms with van der Waals surface area (Å²) >= 11 is 0. The monoisotopic (exact) mass is 431 g/mol. The number of aromatic nitrogens is 1. The third-order valence-corrected chi connectivity index (χ3v) is 6.43. The smallest absolute Gasteiger partial charge is 0.257 e. The Morgan fingerprint density at radius 3 is 2.53 bits per heavy atom. The average Bonchev–Trinajstić information content (AvgIpc) is 2.81. The lowest BCUT2D eigenvalue weighted by Crippen LogP contribution is -2.73. The highest BCUT2D eigenvalue weighted by Crippen LogP contribution is 2.43. The van der Waals surface area contributed by atoms with Crippen LogP contribution in [-0.2, 0) is 4.79 Å². The lowest BCUT2D eigenvalue weighted by atomic mass is 9.73. The zero-order chi connectivity index (χ0) is 22.2. The molecule has 2 saturated heterocycles. The van der Waals surface area contributed by atoms with Crippen LogP contribution in [0.1, 0.15) is 21.8 Å². The molecule has 2 aromatic carbocycles. The van der Waals surface area contributed by atoms with Crippen molar-refractivity contribution in [2.45, 2.75) is 18.0 Å². The molecule has 2 amide bonds. The number of pyridine rings is 1. The predicted molar refractivity (Wildman–Crippen MR) is 116 cm³/mol. The number of hydrogen-bond acceptors (Lipinski definition) is 4. The van der Waals surface area contributed by atoms with Crippen molar-refractivity contribution in [2.24, 2.45) is 0 Å². The van der Waals surface area contributed by atoms with Crippen molar-refractivity contribution in [3.05, 3.63) is 90.0 Å². The maximum atomic E-state index is 14.1. The second-order valence-corrected chi connectivity index (χ2v) is 8.17. The summed E-state index contributed by atoms with van der Waals surface area (Å²) in [6, 6.07) is 17.1. The molecule has 2 fully saturated rings. The van der Waals surface area contributed by atoms with Crippen molar-refractivity contribution in [1.29, 1.82) is 0 Å². The Balaban J connectivity index is 1.40. The van der Waals surface area contributed by atoms with Crippen LogP contribution in [-0.4, -0.2) is 63.5 Å². The van der Waals surface area contributed by atoms with Crippen LogP contribution in [0.25, 0.3) is 11.1 Å². The number of amides is 2. The molecule has 1 aromatic heterocycles. The molecular formula is C25H22FN3O3. The normalized spacial score (nSPS) is 22.3. The molecule has 2 aliphatic heterocycles. The van der Waals surface area contributed by atoms with E-state index in [2.05, 4.69) is 4.98 Å². The van der Waals surface area contributed by atoms with E-state index in [4.69, 9.17) is 0 Å². The molecule has 32 heavy (non-hydrogen) atoms. The topological polar surface area (TPSA) is 73.7 Å². The number of carbonyl (C=O) groups excluding carboxylic acids is 2. The first kappa shape index (κ1) is 20.3. The van der Waals surface area contributed by atoms with Gasteiger partial charge in [-0.1, -0.05) is 42.5 Å². The van der Waals surface area contributed by atoms with E-state index >= 15 is 0 Å². The van der Waals surface area contributed by atoms with E-state index in [1.54, 1.807) is 23.4 Å². The van der Waals surface area contributed by atoms with Crippen molar-refractivity contribution >= 4 is 11.8 Å². The van der Waals surface area contributed by atoms with Crippen LogP contribution in [0.3, 0.4) is 0 Å². The number of benzene rings is 2. The van der Waals surface area contributed by atoms with Gasteiger partial charge in [-0.05, 0) is 34.9 Å². The predicted octanol–water partition coefficient (Wildman–Crippen LogP) is 2.70. The zero-order valence-corrected chi connectivity index (χ0v) is 17.3. The third kappa shape index (κ3) is 3.35. The highest BCUT2D eigenvalue weighted by atomic mass is 19.1. The van der Waals surface area contributed by atoms with Gasteiger partial charge in [-0.25, -0.2) is 4.39 Å². The number of piperazine rings is 1. The summed E-state index contributed by atoms with van der Waals surface area (Å²) < 4.78 is 14.1. The molecule has 5 rings (SSSR count). The molecule has 162 valence electrons. The van der Waals surface area contributed by atoms with Crippen LogP contribution < -0.4 is 0 Å². The fourth-order valence-corrected chi connectivity index (χ4v) is 4.89. The molecule has 3 atom stereocenters. The van der Waals surface area contributed by atoms with Crippen molar-refractivity contribution in [3.63, 3.8) is 0 Å². The first-order valence-electron chi connectivity index (χ1n) is 10.5. The van der Waals surface area contributed by atoms with Crippen LogP contribution in [0, 0.1) is 5.82 Å². The molecule has 3 aromatic rings. The van der Waals surface area contributed by atoms with Crippen LogP contribution in [0.5, 0.6) is 0 Å². The lowest BCUT2D eigenvalue weighted by Gasteiger charge is -2.58. The molecule has 0 radical (unpaired) electrons. The first-order chi connectivity index (χ1) is 15.6. The molecular weight excluding hydrogens is 409 g/mol. The minimum atomic E-state index is -0.600. The average molecular weight is 431 g/mol. The van der Waals surface area contributed by atoms with Gasteiger partial charge in [-0.15, -0.1) is 0 Å². The number of rotatable bonds is 4. The minimum absolute atomic E-state index is 0.0378. The van der Waals surface area contributed by atoms with E-state index in [9.17, 15) is 19.1 Å². The molecule has 0 spiro atoms. The summed E-state index contributed by atoms with van der Waals surface area (Å²) in [4.78, 5) is 32.9. The summed E-state index contributed by atoms with van der Waals surface area (Å²) in [5.41, 5.74) is 2.98. The highest BCUT2D eigenvalue weighted by molar-refractivity contribution is 5.97. The SMILES string of the molecule is O=C(c1ccccc1F)N1CC(=O)N2[C@@H](CO)[C@H](c3ccc(-c4cccnc4)cc3)[C@@H]2C1. The minimum Gasteiger partial charge on any atom is -0.394 e. The number of aliphatic hydroxyl groups excluding tert-OH is 1. The van der Waals surface area contributed by atoms with Crippen LogP contribution in [0.15, 0.2) is 73.1 Å². The lowest BCUT2D eigenvalue weighted by molar-refractivity contribution is -0.159. The highest BCUT2D eigenvalue weighted by Gasteiger charge is 2.54. The van der Waals surface area contributed by atoms with Crippen molar-refractivity contribution < 1.29 is 19.1 Å². The van der Waals surface area contributed by atoms with Gasteiger partial charge in [0.1, 0.15) is 12.4 Å². The summed E-state index contributed by atoms with van der Waals surface area (Å²) in [6.07, 6.45) is 3.52. The molecule has 6 nitrogen and oxygen atoms in total. The number of fused-ring (bicyclic) bond motifs is 1. The van der Waals surface area contributed by atoms with Gasteiger partial charge in [0, 0.05) is 24.9 Å². The molecule has 0 aliphatic carbocycles. The Morgan fingerprint density at radius 2 is 1.84 bits per heavy atom. The summed E-state index contributed by atoms with van der Waals surface area (Å²) in [6.45, 7) is 0.0236.